The van der Waals surface area contributed by atoms with Crippen LogP contribution in [0.4, 0.5) is 0 Å². The van der Waals surface area contributed by atoms with Gasteiger partial charge in [0, 0.05) is 4.91 Å². The van der Waals surface area contributed by atoms with Crippen molar-refractivity contribution in [3.63, 3.8) is 0 Å². The van der Waals surface area contributed by atoms with Crippen LogP contribution in [0, 0.1) is 11.7 Å². The van der Waals surface area contributed by atoms with Gasteiger partial charge < -0.3 is 10.1 Å². The summed E-state index contributed by atoms with van der Waals surface area (Å²) in [5.74, 6) is 4.28. The molecule has 1 atom stereocenters. The summed E-state index contributed by atoms with van der Waals surface area (Å²) in [4.78, 5) is 13.7. The summed E-state index contributed by atoms with van der Waals surface area (Å²) in [6.07, 6.45) is -0.0960. The van der Waals surface area contributed by atoms with E-state index in [1.165, 1.54) is 0 Å². The van der Waals surface area contributed by atoms with E-state index in [0.29, 0.717) is 6.42 Å². The minimum absolute atomic E-state index is 0.163. The van der Waals surface area contributed by atoms with E-state index in [0.717, 1.165) is 0 Å². The van der Waals surface area contributed by atoms with Crippen LogP contribution in [0.3, 0.4) is 0 Å². The molecule has 0 saturated heterocycles. The number of azide groups is 1. The molecule has 2 radical (unpaired) electrons. The fourth-order valence-electron chi connectivity index (χ4n) is 0.707. The summed E-state index contributed by atoms with van der Waals surface area (Å²) in [6, 6.07) is 0. The van der Waals surface area contributed by atoms with Crippen LogP contribution in [0.15, 0.2) is 5.11 Å². The molecule has 7 heteroatoms. The summed E-state index contributed by atoms with van der Waals surface area (Å²) in [6.45, 7) is 1.80. The van der Waals surface area contributed by atoms with Gasteiger partial charge in [-0.1, -0.05) is 18.0 Å². The molecule has 0 aliphatic carbocycles. The molecule has 0 fully saturated rings. The molecule has 1 amide bonds. The predicted molar refractivity (Wildman–Crippen MR) is 55.7 cm³/mol. The molecule has 0 aromatic rings. The zero-order valence-corrected chi connectivity index (χ0v) is 8.43. The van der Waals surface area contributed by atoms with Gasteiger partial charge in [-0.05, 0) is 12.0 Å². The van der Waals surface area contributed by atoms with Crippen LogP contribution < -0.4 is 5.32 Å². The van der Waals surface area contributed by atoms with Gasteiger partial charge in [0.2, 0.25) is 5.91 Å². The lowest BCUT2D eigenvalue weighted by molar-refractivity contribution is -0.127. The lowest BCUT2D eigenvalue weighted by Crippen LogP contribution is -2.29. The lowest BCUT2D eigenvalue weighted by atomic mass is 10.2. The van der Waals surface area contributed by atoms with Gasteiger partial charge in [0.05, 0.1) is 6.54 Å². The van der Waals surface area contributed by atoms with E-state index in [1.807, 2.05) is 0 Å². The van der Waals surface area contributed by atoms with Gasteiger partial charge in [-0.2, -0.15) is 5.82 Å². The second-order valence-electron chi connectivity index (χ2n) is 2.48. The fraction of sp³-hybridized carbons (Fsp3) is 0.625. The predicted octanol–water partition coefficient (Wildman–Crippen LogP) is 0.295. The van der Waals surface area contributed by atoms with Gasteiger partial charge in [-0.25, -0.2) is 0 Å². The molecule has 0 aromatic carbocycles. The first kappa shape index (κ1) is 13.4. The Morgan fingerprint density at radius 2 is 2.53 bits per heavy atom. The first-order valence-corrected chi connectivity index (χ1v) is 4.35. The highest BCUT2D eigenvalue weighted by Crippen LogP contribution is 1.99. The SMILES string of the molecule is [B]C#CCNC(=O)COC(CC)N=[N+]=[N-]. The van der Waals surface area contributed by atoms with Gasteiger partial charge in [-0.3, -0.25) is 4.79 Å². The summed E-state index contributed by atoms with van der Waals surface area (Å²) < 4.78 is 5.01. The van der Waals surface area contributed by atoms with Crippen molar-refractivity contribution in [2.24, 2.45) is 5.11 Å². The summed E-state index contributed by atoms with van der Waals surface area (Å²) >= 11 is 0. The molecule has 6 nitrogen and oxygen atoms in total. The van der Waals surface area contributed by atoms with Crippen molar-refractivity contribution in [2.75, 3.05) is 13.2 Å². The fourth-order valence-corrected chi connectivity index (χ4v) is 0.707. The van der Waals surface area contributed by atoms with Crippen molar-refractivity contribution in [2.45, 2.75) is 19.6 Å². The normalized spacial score (nSPS) is 10.5. The van der Waals surface area contributed by atoms with E-state index in [9.17, 15) is 4.79 Å². The van der Waals surface area contributed by atoms with Crippen molar-refractivity contribution >= 4 is 13.8 Å². The molecule has 0 heterocycles. The minimum atomic E-state index is -0.610. The lowest BCUT2D eigenvalue weighted by Gasteiger charge is -2.09. The average molecular weight is 206 g/mol. The molecule has 0 saturated carbocycles. The number of rotatable bonds is 6. The maximum atomic E-state index is 11.1. The Morgan fingerprint density at radius 3 is 3.07 bits per heavy atom. The zero-order chi connectivity index (χ0) is 11.5. The maximum Gasteiger partial charge on any atom is 0.246 e. The van der Waals surface area contributed by atoms with Crippen molar-refractivity contribution in [1.29, 1.82) is 0 Å². The van der Waals surface area contributed by atoms with Gasteiger partial charge in [-0.15, -0.1) is 0 Å². The smallest absolute Gasteiger partial charge is 0.246 e. The van der Waals surface area contributed by atoms with E-state index in [2.05, 4.69) is 27.1 Å². The molecule has 78 valence electrons. The molecule has 0 aliphatic rings. The highest BCUT2D eigenvalue weighted by molar-refractivity contribution is 6.22. The van der Waals surface area contributed by atoms with Crippen LogP contribution in [-0.4, -0.2) is 33.1 Å². The van der Waals surface area contributed by atoms with E-state index in [1.54, 1.807) is 6.92 Å². The first-order valence-electron chi connectivity index (χ1n) is 4.35. The third kappa shape index (κ3) is 7.44. The standard InChI is InChI=1S/C8H11BN4O2/c1-2-8(12-13-10)15-6-7(14)11-5-3-4-9/h8H,2,5-6H2,1H3,(H,11,14). The molecule has 0 aromatic heterocycles. The first-order chi connectivity index (χ1) is 7.24. The van der Waals surface area contributed by atoms with Crippen LogP contribution in [0.5, 0.6) is 0 Å². The van der Waals surface area contributed by atoms with Gasteiger partial charge in [0.15, 0.2) is 7.85 Å². The molecule has 0 rings (SSSR count). The third-order valence-electron chi connectivity index (χ3n) is 1.41. The number of ether oxygens (including phenoxy) is 1. The number of nitrogens with zero attached hydrogens (tertiary/aromatic N) is 3. The number of hydrogen-bond acceptors (Lipinski definition) is 3. The number of nitrogens with one attached hydrogen (secondary N) is 1. The van der Waals surface area contributed by atoms with Gasteiger partial charge in [0.1, 0.15) is 12.8 Å². The van der Waals surface area contributed by atoms with Crippen LogP contribution in [0.25, 0.3) is 10.4 Å². The van der Waals surface area contributed by atoms with E-state index >= 15 is 0 Å². The number of hydrogen-bond donors (Lipinski definition) is 1. The Labute approximate surface area is 89.4 Å². The van der Waals surface area contributed by atoms with Crippen molar-refractivity contribution < 1.29 is 9.53 Å². The van der Waals surface area contributed by atoms with Crippen molar-refractivity contribution in [1.82, 2.24) is 5.32 Å². The van der Waals surface area contributed by atoms with Crippen LogP contribution >= 0.6 is 0 Å². The molecule has 1 unspecified atom stereocenters. The van der Waals surface area contributed by atoms with Crippen LogP contribution in [0.2, 0.25) is 0 Å². The second-order valence-corrected chi connectivity index (χ2v) is 2.48. The van der Waals surface area contributed by atoms with E-state index in [-0.39, 0.29) is 19.1 Å². The average Bonchev–Trinajstić information content (AvgIpc) is 2.24. The van der Waals surface area contributed by atoms with Gasteiger partial charge in [0.25, 0.3) is 0 Å². The topological polar surface area (TPSA) is 87.1 Å². The minimum Gasteiger partial charge on any atom is -0.362 e. The number of amides is 1. The van der Waals surface area contributed by atoms with E-state index in [4.69, 9.17) is 18.1 Å². The number of carbonyl (C=O) groups is 1. The van der Waals surface area contributed by atoms with Crippen LogP contribution in [0.1, 0.15) is 13.3 Å². The van der Waals surface area contributed by atoms with Crippen LogP contribution in [-0.2, 0) is 9.53 Å². The Bertz CT molecular complexity index is 303. The Hall–Kier alpha value is -1.64. The monoisotopic (exact) mass is 206 g/mol. The largest absolute Gasteiger partial charge is 0.362 e. The zero-order valence-electron chi connectivity index (χ0n) is 8.43. The summed E-state index contributed by atoms with van der Waals surface area (Å²) in [7, 11) is 4.90. The second kappa shape index (κ2) is 8.94. The molecule has 15 heavy (non-hydrogen) atoms. The van der Waals surface area contributed by atoms with Crippen molar-refractivity contribution in [3.05, 3.63) is 10.4 Å². The molecule has 1 N–H and O–H groups in total. The Balaban J connectivity index is 3.76. The molecule has 0 spiro atoms. The highest BCUT2D eigenvalue weighted by Gasteiger charge is 2.06. The van der Waals surface area contributed by atoms with Crippen molar-refractivity contribution in [3.8, 4) is 11.7 Å². The quantitative estimate of drug-likeness (QED) is 0.222. The maximum absolute atomic E-state index is 11.1. The van der Waals surface area contributed by atoms with Gasteiger partial charge >= 0.3 is 0 Å². The molecular weight excluding hydrogens is 195 g/mol. The number of carbonyl (C=O) groups excluding carboxylic acids is 1. The highest BCUT2D eigenvalue weighted by atomic mass is 16.5. The third-order valence-corrected chi connectivity index (χ3v) is 1.41. The Kier molecular flexibility index (Phi) is 7.97. The summed E-state index contributed by atoms with van der Waals surface area (Å²) in [5.41, 5.74) is 8.15. The molecular formula is C8H11BN4O2. The molecule has 0 aliphatic heterocycles. The Morgan fingerprint density at radius 1 is 1.80 bits per heavy atom. The summed E-state index contributed by atoms with van der Waals surface area (Å²) in [5, 5.41) is 5.79. The van der Waals surface area contributed by atoms with E-state index < -0.39 is 6.23 Å². The molecule has 0 bridgehead atoms.